The van der Waals surface area contributed by atoms with E-state index in [1.807, 2.05) is 35.2 Å². The molecule has 3 aromatic rings. The van der Waals surface area contributed by atoms with Crippen LogP contribution in [-0.4, -0.2) is 38.4 Å². The predicted molar refractivity (Wildman–Crippen MR) is 102 cm³/mol. The number of aromatic nitrogens is 3. The number of H-pyrrole nitrogens is 1. The van der Waals surface area contributed by atoms with Crippen LogP contribution in [0.3, 0.4) is 0 Å². The Hall–Kier alpha value is -3.00. The third-order valence-electron chi connectivity index (χ3n) is 4.72. The van der Waals surface area contributed by atoms with Crippen LogP contribution in [0.25, 0.3) is 10.6 Å². The molecule has 1 fully saturated rings. The average Bonchev–Trinajstić information content (AvgIpc) is 3.38. The lowest BCUT2D eigenvalue weighted by Gasteiger charge is -2.34. The number of nitrogens with zero attached hydrogens (tertiary/aromatic N) is 3. The first-order chi connectivity index (χ1) is 13.1. The molecule has 2 aromatic heterocycles. The van der Waals surface area contributed by atoms with Crippen LogP contribution in [0.5, 0.6) is 0 Å². The Kier molecular flexibility index (Phi) is 4.72. The summed E-state index contributed by atoms with van der Waals surface area (Å²) < 4.78 is 0. The Morgan fingerprint density at radius 2 is 2.00 bits per heavy atom. The third kappa shape index (κ3) is 3.48. The normalized spacial score (nSPS) is 17.0. The van der Waals surface area contributed by atoms with Gasteiger partial charge in [0, 0.05) is 17.5 Å². The van der Waals surface area contributed by atoms with Gasteiger partial charge >= 0.3 is 0 Å². The lowest BCUT2D eigenvalue weighted by atomic mass is 9.98. The second-order valence-electron chi connectivity index (χ2n) is 6.49. The van der Waals surface area contributed by atoms with Gasteiger partial charge in [0.25, 0.3) is 11.8 Å². The van der Waals surface area contributed by atoms with Gasteiger partial charge in [0.05, 0.1) is 11.7 Å². The van der Waals surface area contributed by atoms with Crippen molar-refractivity contribution in [2.45, 2.75) is 25.3 Å². The fraction of sp³-hybridized carbons (Fsp3) is 0.263. The maximum atomic E-state index is 13.1. The molecule has 2 amide bonds. The summed E-state index contributed by atoms with van der Waals surface area (Å²) in [7, 11) is 0. The molecule has 8 heteroatoms. The van der Waals surface area contributed by atoms with Crippen molar-refractivity contribution in [1.82, 2.24) is 20.1 Å². The van der Waals surface area contributed by atoms with E-state index in [0.717, 1.165) is 35.5 Å². The zero-order valence-electron chi connectivity index (χ0n) is 14.6. The topological polar surface area (TPSA) is 105 Å². The van der Waals surface area contributed by atoms with Gasteiger partial charge in [0.1, 0.15) is 16.4 Å². The summed E-state index contributed by atoms with van der Waals surface area (Å²) >= 11 is 1.46. The molecule has 1 aromatic carbocycles. The number of nitrogens with one attached hydrogen (secondary N) is 1. The molecule has 1 unspecified atom stereocenters. The first-order valence-corrected chi connectivity index (χ1v) is 9.68. The van der Waals surface area contributed by atoms with E-state index in [-0.39, 0.29) is 17.6 Å². The highest BCUT2D eigenvalue weighted by Crippen LogP contribution is 2.32. The van der Waals surface area contributed by atoms with E-state index in [1.54, 1.807) is 11.4 Å². The van der Waals surface area contributed by atoms with Crippen LogP contribution in [0, 0.1) is 0 Å². The van der Waals surface area contributed by atoms with Gasteiger partial charge in [0.2, 0.25) is 0 Å². The van der Waals surface area contributed by atoms with Gasteiger partial charge in [0.15, 0.2) is 0 Å². The highest BCUT2D eigenvalue weighted by Gasteiger charge is 2.31. The monoisotopic (exact) mass is 381 g/mol. The van der Waals surface area contributed by atoms with Gasteiger partial charge < -0.3 is 10.6 Å². The van der Waals surface area contributed by atoms with Gasteiger partial charge in [-0.15, -0.1) is 11.3 Å². The number of nitrogens with two attached hydrogens (primary N) is 1. The van der Waals surface area contributed by atoms with Crippen LogP contribution < -0.4 is 5.73 Å². The summed E-state index contributed by atoms with van der Waals surface area (Å²) in [6.45, 7) is 0.645. The highest BCUT2D eigenvalue weighted by molar-refractivity contribution is 7.13. The number of primary amides is 1. The molecule has 3 N–H and O–H groups in total. The molecule has 4 rings (SSSR count). The summed E-state index contributed by atoms with van der Waals surface area (Å²) in [6.07, 6.45) is 2.75. The molecule has 0 bridgehead atoms. The molecule has 0 radical (unpaired) electrons. The van der Waals surface area contributed by atoms with Crippen molar-refractivity contribution in [2.24, 2.45) is 5.73 Å². The molecular weight excluding hydrogens is 362 g/mol. The molecule has 1 atom stereocenters. The minimum absolute atomic E-state index is 0.103. The second kappa shape index (κ2) is 7.32. The second-order valence-corrected chi connectivity index (χ2v) is 7.34. The van der Waals surface area contributed by atoms with Gasteiger partial charge in [-0.2, -0.15) is 5.10 Å². The van der Waals surface area contributed by atoms with Crippen LogP contribution in [-0.2, 0) is 0 Å². The fourth-order valence-corrected chi connectivity index (χ4v) is 4.16. The number of hydrogen-bond acceptors (Lipinski definition) is 5. The summed E-state index contributed by atoms with van der Waals surface area (Å²) in [5.41, 5.74) is 7.65. The molecule has 1 saturated heterocycles. The van der Waals surface area contributed by atoms with E-state index in [0.29, 0.717) is 12.2 Å². The van der Waals surface area contributed by atoms with E-state index >= 15 is 0 Å². The Morgan fingerprint density at radius 1 is 1.19 bits per heavy atom. The lowest BCUT2D eigenvalue weighted by Crippen LogP contribution is -2.38. The van der Waals surface area contributed by atoms with Gasteiger partial charge in [-0.05, 0) is 25.3 Å². The number of likely N-dealkylation sites (tertiary alicyclic amines) is 1. The molecule has 1 aliphatic heterocycles. The van der Waals surface area contributed by atoms with Crippen molar-refractivity contribution < 1.29 is 9.59 Å². The van der Waals surface area contributed by atoms with Crippen molar-refractivity contribution in [1.29, 1.82) is 0 Å². The van der Waals surface area contributed by atoms with E-state index < -0.39 is 5.91 Å². The predicted octanol–water partition coefficient (Wildman–Crippen LogP) is 3.00. The molecule has 27 heavy (non-hydrogen) atoms. The van der Waals surface area contributed by atoms with E-state index in [4.69, 9.17) is 5.73 Å². The summed E-state index contributed by atoms with van der Waals surface area (Å²) in [5, 5.41) is 9.44. The number of thiazole rings is 1. The maximum Gasteiger partial charge on any atom is 0.273 e. The van der Waals surface area contributed by atoms with Crippen molar-refractivity contribution >= 4 is 23.2 Å². The minimum Gasteiger partial charge on any atom is -0.364 e. The quantitative estimate of drug-likeness (QED) is 0.725. The molecule has 0 aliphatic carbocycles. The standard InChI is InChI=1S/C19H19N5O2S/c20-17(25)14-10-13(22-23-14)16-8-4-5-9-24(16)19(26)15-11-27-18(21-15)12-6-2-1-3-7-12/h1-3,6-7,10-11,16H,4-5,8-9H2,(H2,20,25)(H,22,23). The largest absolute Gasteiger partial charge is 0.364 e. The van der Waals surface area contributed by atoms with Crippen LogP contribution in [0.15, 0.2) is 41.8 Å². The Labute approximate surface area is 160 Å². The first-order valence-electron chi connectivity index (χ1n) is 8.80. The Balaban J connectivity index is 1.59. The lowest BCUT2D eigenvalue weighted by molar-refractivity contribution is 0.0601. The Morgan fingerprint density at radius 3 is 2.74 bits per heavy atom. The number of benzene rings is 1. The molecule has 0 saturated carbocycles. The zero-order chi connectivity index (χ0) is 18.8. The van der Waals surface area contributed by atoms with Crippen molar-refractivity contribution in [3.05, 3.63) is 58.9 Å². The summed E-state index contributed by atoms with van der Waals surface area (Å²) in [4.78, 5) is 30.8. The average molecular weight is 381 g/mol. The number of carbonyl (C=O) groups is 2. The highest BCUT2D eigenvalue weighted by atomic mass is 32.1. The first kappa shape index (κ1) is 17.4. The number of rotatable bonds is 4. The molecule has 7 nitrogen and oxygen atoms in total. The smallest absolute Gasteiger partial charge is 0.273 e. The molecular formula is C19H19N5O2S. The van der Waals surface area contributed by atoms with E-state index in [2.05, 4.69) is 15.2 Å². The van der Waals surface area contributed by atoms with Gasteiger partial charge in [-0.3, -0.25) is 14.7 Å². The number of piperidine rings is 1. The fourth-order valence-electron chi connectivity index (χ4n) is 3.36. The number of hydrogen-bond donors (Lipinski definition) is 2. The third-order valence-corrected chi connectivity index (χ3v) is 5.61. The minimum atomic E-state index is -0.585. The van der Waals surface area contributed by atoms with Crippen LogP contribution in [0.1, 0.15) is 52.0 Å². The van der Waals surface area contributed by atoms with Crippen molar-refractivity contribution in [3.63, 3.8) is 0 Å². The number of amides is 2. The maximum absolute atomic E-state index is 13.1. The van der Waals surface area contributed by atoms with Gasteiger partial charge in [-0.25, -0.2) is 4.98 Å². The van der Waals surface area contributed by atoms with E-state index in [9.17, 15) is 9.59 Å². The van der Waals surface area contributed by atoms with Crippen LogP contribution >= 0.6 is 11.3 Å². The molecule has 0 spiro atoms. The Bertz CT molecular complexity index is 965. The van der Waals surface area contributed by atoms with E-state index in [1.165, 1.54) is 11.3 Å². The number of carbonyl (C=O) groups excluding carboxylic acids is 2. The number of aromatic amines is 1. The van der Waals surface area contributed by atoms with Crippen molar-refractivity contribution in [2.75, 3.05) is 6.54 Å². The summed E-state index contributed by atoms with van der Waals surface area (Å²) in [5.74, 6) is -0.688. The zero-order valence-corrected chi connectivity index (χ0v) is 15.4. The molecule has 3 heterocycles. The van der Waals surface area contributed by atoms with Crippen molar-refractivity contribution in [3.8, 4) is 10.6 Å². The van der Waals surface area contributed by atoms with Gasteiger partial charge in [-0.1, -0.05) is 30.3 Å². The summed E-state index contributed by atoms with van der Waals surface area (Å²) in [6, 6.07) is 11.3. The van der Waals surface area contributed by atoms with Crippen LogP contribution in [0.2, 0.25) is 0 Å². The molecule has 138 valence electrons. The molecule has 1 aliphatic rings. The SMILES string of the molecule is NC(=O)c1cc(C2CCCCN2C(=O)c2csc(-c3ccccc3)n2)[nH]n1. The van der Waals surface area contributed by atoms with Crippen LogP contribution in [0.4, 0.5) is 0 Å².